The van der Waals surface area contributed by atoms with Crippen LogP contribution in [0.2, 0.25) is 0 Å². The molecule has 1 saturated heterocycles. The van der Waals surface area contributed by atoms with Crippen molar-refractivity contribution >= 4 is 35.6 Å². The van der Waals surface area contributed by atoms with Crippen molar-refractivity contribution in [1.82, 2.24) is 15.4 Å². The van der Waals surface area contributed by atoms with Crippen LogP contribution < -0.4 is 15.6 Å². The van der Waals surface area contributed by atoms with Crippen molar-refractivity contribution in [2.45, 2.75) is 39.4 Å². The fraction of sp³-hybridized carbons (Fsp3) is 0.241. The van der Waals surface area contributed by atoms with Crippen LogP contribution in [-0.2, 0) is 4.79 Å². The van der Waals surface area contributed by atoms with Crippen molar-refractivity contribution in [3.8, 4) is 0 Å². The van der Waals surface area contributed by atoms with Crippen LogP contribution in [0.4, 0.5) is 21.0 Å². The largest absolute Gasteiger partial charge is 0.347 e. The molecule has 1 atom stereocenters. The smallest absolute Gasteiger partial charge is 0.306 e. The van der Waals surface area contributed by atoms with Gasteiger partial charge in [-0.15, -0.1) is 0 Å². The van der Waals surface area contributed by atoms with Gasteiger partial charge in [0.15, 0.2) is 6.17 Å². The second-order valence-electron chi connectivity index (χ2n) is 9.85. The molecule has 10 nitrogen and oxygen atoms in total. The van der Waals surface area contributed by atoms with Crippen LogP contribution in [0.25, 0.3) is 0 Å². The Labute approximate surface area is 227 Å². The second-order valence-corrected chi connectivity index (χ2v) is 9.85. The van der Waals surface area contributed by atoms with E-state index in [1.165, 1.54) is 16.0 Å². The lowest BCUT2D eigenvalue weighted by atomic mass is 9.99. The molecule has 39 heavy (non-hydrogen) atoms. The van der Waals surface area contributed by atoms with Gasteiger partial charge < -0.3 is 10.2 Å². The minimum atomic E-state index is -1.18. The average molecular weight is 529 g/mol. The zero-order valence-electron chi connectivity index (χ0n) is 22.3. The molecule has 1 aliphatic rings. The maximum absolute atomic E-state index is 13.8. The number of carbonyl (C=O) groups is 3. The topological polar surface area (TPSA) is 118 Å². The fourth-order valence-corrected chi connectivity index (χ4v) is 4.58. The Balaban J connectivity index is 1.61. The zero-order chi connectivity index (χ0) is 28.2. The number of nitrogens with zero attached hydrogens (tertiary/aromatic N) is 4. The number of urea groups is 2. The maximum atomic E-state index is 13.8. The molecule has 3 aromatic rings. The van der Waals surface area contributed by atoms with E-state index < -0.39 is 29.7 Å². The van der Waals surface area contributed by atoms with Gasteiger partial charge in [-0.05, 0) is 56.5 Å². The van der Waals surface area contributed by atoms with Gasteiger partial charge in [-0.1, -0.05) is 66.7 Å². The number of para-hydroxylation sites is 2. The van der Waals surface area contributed by atoms with E-state index in [9.17, 15) is 19.6 Å². The molecule has 4 rings (SSSR count). The lowest BCUT2D eigenvalue weighted by molar-refractivity contribution is -0.124. The first kappa shape index (κ1) is 27.3. The molecule has 10 heteroatoms. The highest BCUT2D eigenvalue weighted by Crippen LogP contribution is 2.39. The molecule has 3 N–H and O–H groups in total. The number of benzene rings is 3. The van der Waals surface area contributed by atoms with Crippen molar-refractivity contribution in [3.63, 3.8) is 0 Å². The van der Waals surface area contributed by atoms with Crippen LogP contribution in [0.15, 0.2) is 84.0 Å². The van der Waals surface area contributed by atoms with Gasteiger partial charge in [0, 0.05) is 5.69 Å². The highest BCUT2D eigenvalue weighted by atomic mass is 16.5. The van der Waals surface area contributed by atoms with Crippen LogP contribution in [-0.4, -0.2) is 57.6 Å². The van der Waals surface area contributed by atoms with Crippen LogP contribution >= 0.6 is 0 Å². The molecule has 3 aromatic carbocycles. The summed E-state index contributed by atoms with van der Waals surface area (Å²) in [5.41, 5.74) is 4.68. The lowest BCUT2D eigenvalue weighted by Crippen LogP contribution is -2.58. The van der Waals surface area contributed by atoms with Crippen molar-refractivity contribution in [1.29, 1.82) is 0 Å². The van der Waals surface area contributed by atoms with Crippen LogP contribution in [0.5, 0.6) is 0 Å². The zero-order valence-corrected chi connectivity index (χ0v) is 22.3. The Bertz CT molecular complexity index is 1390. The number of aryl methyl sites for hydroxylation is 2. The normalized spacial score (nSPS) is 16.4. The third-order valence-corrected chi connectivity index (χ3v) is 6.71. The average Bonchev–Trinajstić information content (AvgIpc) is 3.10. The second kappa shape index (κ2) is 11.4. The van der Waals surface area contributed by atoms with Crippen molar-refractivity contribution in [2.24, 2.45) is 5.10 Å². The summed E-state index contributed by atoms with van der Waals surface area (Å²) in [5, 5.41) is 18.5. The summed E-state index contributed by atoms with van der Waals surface area (Å²) in [6.45, 7) is 6.71. The molecule has 0 spiro atoms. The van der Waals surface area contributed by atoms with Crippen molar-refractivity contribution in [2.75, 3.05) is 16.8 Å². The Kier molecular flexibility index (Phi) is 7.96. The number of hydrogen-bond acceptors (Lipinski definition) is 5. The molecule has 0 radical (unpaired) electrons. The van der Waals surface area contributed by atoms with E-state index in [0.29, 0.717) is 16.4 Å². The molecular weight excluding hydrogens is 496 g/mol. The van der Waals surface area contributed by atoms with Gasteiger partial charge in [0.2, 0.25) is 0 Å². The fourth-order valence-electron chi connectivity index (χ4n) is 4.58. The lowest BCUT2D eigenvalue weighted by Gasteiger charge is -2.38. The SMILES string of the molecule is Cc1ccccc1NC(=O)N(O)C1N(c2ccccc2C)C(=O)N(CC(=O)NN=Cc2ccccc2)C1(C)C. The Morgan fingerprint density at radius 1 is 0.974 bits per heavy atom. The number of hydrazone groups is 1. The summed E-state index contributed by atoms with van der Waals surface area (Å²) in [5.74, 6) is -0.525. The molecule has 1 fully saturated rings. The molecule has 202 valence electrons. The van der Waals surface area contributed by atoms with Gasteiger partial charge in [-0.25, -0.2) is 15.0 Å². The van der Waals surface area contributed by atoms with Crippen LogP contribution in [0, 0.1) is 13.8 Å². The monoisotopic (exact) mass is 528 g/mol. The molecule has 0 aromatic heterocycles. The summed E-state index contributed by atoms with van der Waals surface area (Å²) in [6.07, 6.45) is 0.346. The number of carbonyl (C=O) groups excluding carboxylic acids is 3. The third kappa shape index (κ3) is 5.75. The Hall–Kier alpha value is -4.70. The van der Waals surface area contributed by atoms with Crippen molar-refractivity contribution < 1.29 is 19.6 Å². The molecule has 0 bridgehead atoms. The molecule has 1 unspecified atom stereocenters. The minimum Gasteiger partial charge on any atom is -0.306 e. The number of nitrogens with one attached hydrogen (secondary N) is 2. The molecular formula is C29H32N6O4. The number of hydrogen-bond donors (Lipinski definition) is 3. The van der Waals surface area contributed by atoms with Gasteiger partial charge in [0.25, 0.3) is 5.91 Å². The minimum absolute atomic E-state index is 0.343. The Morgan fingerprint density at radius 2 is 1.59 bits per heavy atom. The molecule has 0 aliphatic carbocycles. The summed E-state index contributed by atoms with van der Waals surface area (Å²) in [4.78, 5) is 42.5. The first-order valence-corrected chi connectivity index (χ1v) is 12.5. The van der Waals surface area contributed by atoms with Gasteiger partial charge in [0.05, 0.1) is 17.4 Å². The van der Waals surface area contributed by atoms with Gasteiger partial charge in [-0.2, -0.15) is 10.2 Å². The summed E-state index contributed by atoms with van der Waals surface area (Å²) in [6, 6.07) is 22.2. The third-order valence-electron chi connectivity index (χ3n) is 6.71. The van der Waals surface area contributed by atoms with E-state index >= 15 is 0 Å². The maximum Gasteiger partial charge on any atom is 0.347 e. The van der Waals surface area contributed by atoms with Crippen molar-refractivity contribution in [3.05, 3.63) is 95.6 Å². The summed E-state index contributed by atoms with van der Waals surface area (Å²) >= 11 is 0. The predicted octanol–water partition coefficient (Wildman–Crippen LogP) is 4.72. The van der Waals surface area contributed by atoms with Crippen LogP contribution in [0.1, 0.15) is 30.5 Å². The predicted molar refractivity (Wildman–Crippen MR) is 150 cm³/mol. The first-order valence-electron chi connectivity index (χ1n) is 12.5. The molecule has 0 saturated carbocycles. The van der Waals surface area contributed by atoms with Gasteiger partial charge >= 0.3 is 12.1 Å². The van der Waals surface area contributed by atoms with E-state index in [1.54, 1.807) is 38.1 Å². The molecule has 1 heterocycles. The van der Waals surface area contributed by atoms with E-state index in [-0.39, 0.29) is 6.54 Å². The number of anilines is 2. The molecule has 5 amide bonds. The number of hydroxylamine groups is 2. The molecule has 1 aliphatic heterocycles. The highest BCUT2D eigenvalue weighted by Gasteiger charge is 2.56. The first-order chi connectivity index (χ1) is 18.6. The summed E-state index contributed by atoms with van der Waals surface area (Å²) < 4.78 is 0. The standard InChI is InChI=1S/C29H32N6O4/c1-20-12-8-10-16-23(20)31-27(37)35(39)26-29(3,4)33(28(38)34(26)24-17-11-9-13-21(24)2)19-25(36)32-30-18-22-14-6-5-7-15-22/h5-18,26,39H,19H2,1-4H3,(H,31,37)(H,32,36). The van der Waals surface area contributed by atoms with E-state index in [1.807, 2.05) is 68.4 Å². The number of amides is 5. The van der Waals surface area contributed by atoms with Gasteiger partial charge in [-0.3, -0.25) is 14.9 Å². The van der Waals surface area contributed by atoms with E-state index in [0.717, 1.165) is 16.7 Å². The quantitative estimate of drug-likeness (QED) is 0.234. The Morgan fingerprint density at radius 3 is 2.26 bits per heavy atom. The van der Waals surface area contributed by atoms with E-state index in [4.69, 9.17) is 0 Å². The summed E-state index contributed by atoms with van der Waals surface area (Å²) in [7, 11) is 0. The van der Waals surface area contributed by atoms with Gasteiger partial charge in [0.1, 0.15) is 6.54 Å². The van der Waals surface area contributed by atoms with E-state index in [2.05, 4.69) is 15.8 Å². The highest BCUT2D eigenvalue weighted by molar-refractivity contribution is 6.00. The van der Waals surface area contributed by atoms with Crippen LogP contribution in [0.3, 0.4) is 0 Å². The number of rotatable bonds is 7.